The number of ether oxygens (including phenoxy) is 3. The van der Waals surface area contributed by atoms with E-state index in [0.717, 1.165) is 12.0 Å². The SMILES string of the molecule is CCc1ccc(NC(=O)CC2C(=O)Nc3c(-c4ccc(OC)c(OC)c4)c(COC)nn32)cc1. The summed E-state index contributed by atoms with van der Waals surface area (Å²) < 4.78 is 17.7. The van der Waals surface area contributed by atoms with Gasteiger partial charge >= 0.3 is 0 Å². The third-order valence-electron chi connectivity index (χ3n) is 5.80. The molecule has 178 valence electrons. The van der Waals surface area contributed by atoms with Gasteiger partial charge in [-0.05, 0) is 41.8 Å². The number of methoxy groups -OCH3 is 3. The fourth-order valence-corrected chi connectivity index (χ4v) is 4.06. The average molecular weight is 465 g/mol. The molecule has 0 bridgehead atoms. The monoisotopic (exact) mass is 464 g/mol. The summed E-state index contributed by atoms with van der Waals surface area (Å²) in [6.45, 7) is 2.31. The van der Waals surface area contributed by atoms with Gasteiger partial charge in [-0.1, -0.05) is 25.1 Å². The molecule has 2 aromatic carbocycles. The third-order valence-corrected chi connectivity index (χ3v) is 5.80. The fraction of sp³-hybridized carbons (Fsp3) is 0.320. The van der Waals surface area contributed by atoms with Crippen LogP contribution in [0, 0.1) is 0 Å². The van der Waals surface area contributed by atoms with Crippen LogP contribution in [0.5, 0.6) is 11.5 Å². The van der Waals surface area contributed by atoms with E-state index in [0.29, 0.717) is 34.3 Å². The van der Waals surface area contributed by atoms with Gasteiger partial charge < -0.3 is 24.8 Å². The molecule has 3 aromatic rings. The first-order valence-corrected chi connectivity index (χ1v) is 11.0. The van der Waals surface area contributed by atoms with Gasteiger partial charge in [0.15, 0.2) is 11.5 Å². The van der Waals surface area contributed by atoms with E-state index in [2.05, 4.69) is 22.7 Å². The van der Waals surface area contributed by atoms with Gasteiger partial charge in [0.1, 0.15) is 11.9 Å². The smallest absolute Gasteiger partial charge is 0.251 e. The van der Waals surface area contributed by atoms with E-state index < -0.39 is 6.04 Å². The molecule has 1 aliphatic heterocycles. The molecule has 1 unspecified atom stereocenters. The number of anilines is 2. The molecule has 0 saturated heterocycles. The molecule has 4 rings (SSSR count). The molecule has 34 heavy (non-hydrogen) atoms. The number of hydrogen-bond acceptors (Lipinski definition) is 6. The van der Waals surface area contributed by atoms with Crippen LogP contribution in [0.15, 0.2) is 42.5 Å². The molecule has 0 spiro atoms. The van der Waals surface area contributed by atoms with Crippen LogP contribution in [0.2, 0.25) is 0 Å². The van der Waals surface area contributed by atoms with Crippen LogP contribution in [0.4, 0.5) is 11.5 Å². The number of nitrogens with zero attached hydrogens (tertiary/aromatic N) is 2. The van der Waals surface area contributed by atoms with E-state index in [1.807, 2.05) is 36.4 Å². The maximum Gasteiger partial charge on any atom is 0.251 e. The van der Waals surface area contributed by atoms with E-state index in [1.54, 1.807) is 32.1 Å². The molecule has 0 radical (unpaired) electrons. The van der Waals surface area contributed by atoms with Gasteiger partial charge in [0.25, 0.3) is 5.91 Å². The number of carbonyl (C=O) groups excluding carboxylic acids is 2. The highest BCUT2D eigenvalue weighted by Gasteiger charge is 2.37. The maximum absolute atomic E-state index is 12.8. The van der Waals surface area contributed by atoms with Gasteiger partial charge in [-0.25, -0.2) is 4.68 Å². The van der Waals surface area contributed by atoms with Crippen LogP contribution in [0.25, 0.3) is 11.1 Å². The minimum absolute atomic E-state index is 0.0478. The molecule has 0 saturated carbocycles. The molecule has 9 nitrogen and oxygen atoms in total. The van der Waals surface area contributed by atoms with Crippen molar-refractivity contribution >= 4 is 23.3 Å². The Hall–Kier alpha value is -3.85. The number of aryl methyl sites for hydroxylation is 1. The first-order chi connectivity index (χ1) is 16.5. The van der Waals surface area contributed by atoms with Gasteiger partial charge in [-0.2, -0.15) is 5.10 Å². The number of carbonyl (C=O) groups is 2. The highest BCUT2D eigenvalue weighted by Crippen LogP contribution is 2.41. The summed E-state index contributed by atoms with van der Waals surface area (Å²) >= 11 is 0. The van der Waals surface area contributed by atoms with Gasteiger partial charge in [0.2, 0.25) is 5.91 Å². The summed E-state index contributed by atoms with van der Waals surface area (Å²) in [6, 6.07) is 12.4. The van der Waals surface area contributed by atoms with E-state index in [9.17, 15) is 9.59 Å². The van der Waals surface area contributed by atoms with E-state index >= 15 is 0 Å². The Labute approximate surface area is 198 Å². The van der Waals surface area contributed by atoms with Crippen molar-refractivity contribution in [1.82, 2.24) is 9.78 Å². The number of rotatable bonds is 9. The Morgan fingerprint density at radius 2 is 1.82 bits per heavy atom. The van der Waals surface area contributed by atoms with Crippen molar-refractivity contribution in [2.45, 2.75) is 32.4 Å². The summed E-state index contributed by atoms with van der Waals surface area (Å²) in [5.41, 5.74) is 4.02. The molecule has 1 aromatic heterocycles. The Bertz CT molecular complexity index is 1200. The normalized spacial score (nSPS) is 14.5. The van der Waals surface area contributed by atoms with Crippen molar-refractivity contribution in [3.63, 3.8) is 0 Å². The van der Waals surface area contributed by atoms with Gasteiger partial charge in [-0.15, -0.1) is 0 Å². The lowest BCUT2D eigenvalue weighted by molar-refractivity contribution is -0.123. The molecular weight excluding hydrogens is 436 g/mol. The first-order valence-electron chi connectivity index (χ1n) is 11.0. The zero-order valence-electron chi connectivity index (χ0n) is 19.7. The third kappa shape index (κ3) is 4.47. The number of aromatic nitrogens is 2. The lowest BCUT2D eigenvalue weighted by Crippen LogP contribution is -2.24. The van der Waals surface area contributed by atoms with Gasteiger partial charge in [-0.3, -0.25) is 9.59 Å². The number of amides is 2. The molecule has 0 aliphatic carbocycles. The van der Waals surface area contributed by atoms with Crippen molar-refractivity contribution in [2.24, 2.45) is 0 Å². The second kappa shape index (κ2) is 9.96. The number of nitrogens with one attached hydrogen (secondary N) is 2. The maximum atomic E-state index is 12.8. The van der Waals surface area contributed by atoms with Crippen LogP contribution in [0.3, 0.4) is 0 Å². The van der Waals surface area contributed by atoms with Crippen molar-refractivity contribution in [2.75, 3.05) is 32.0 Å². The van der Waals surface area contributed by atoms with Crippen molar-refractivity contribution in [3.8, 4) is 22.6 Å². The molecule has 2 heterocycles. The van der Waals surface area contributed by atoms with Crippen LogP contribution < -0.4 is 20.1 Å². The molecule has 2 N–H and O–H groups in total. The Kier molecular flexibility index (Phi) is 6.83. The standard InChI is InChI=1S/C25H28N4O5/c1-5-15-6-9-17(10-7-15)26-22(30)13-19-25(31)27-24-23(18(14-32-2)28-29(19)24)16-8-11-20(33-3)21(12-16)34-4/h6-12,19H,5,13-14H2,1-4H3,(H,26,30)(H,27,31). The predicted octanol–water partition coefficient (Wildman–Crippen LogP) is 3.80. The summed E-state index contributed by atoms with van der Waals surface area (Å²) in [5, 5.41) is 10.4. The minimum atomic E-state index is -0.769. The molecule has 9 heteroatoms. The van der Waals surface area contributed by atoms with Crippen LogP contribution in [-0.4, -0.2) is 42.9 Å². The van der Waals surface area contributed by atoms with Gasteiger partial charge in [0.05, 0.1) is 38.5 Å². The fourth-order valence-electron chi connectivity index (χ4n) is 4.06. The van der Waals surface area contributed by atoms with E-state index in [4.69, 9.17) is 14.2 Å². The van der Waals surface area contributed by atoms with Crippen molar-refractivity contribution in [3.05, 3.63) is 53.7 Å². The second-order valence-electron chi connectivity index (χ2n) is 7.93. The molecule has 0 fully saturated rings. The topological polar surface area (TPSA) is 104 Å². The molecular formula is C25H28N4O5. The lowest BCUT2D eigenvalue weighted by Gasteiger charge is -2.11. The highest BCUT2D eigenvalue weighted by molar-refractivity contribution is 6.04. The lowest BCUT2D eigenvalue weighted by atomic mass is 10.0. The van der Waals surface area contributed by atoms with Gasteiger partial charge in [0, 0.05) is 12.8 Å². The summed E-state index contributed by atoms with van der Waals surface area (Å²) in [5.74, 6) is 1.11. The largest absolute Gasteiger partial charge is 0.493 e. The molecule has 2 amide bonds. The van der Waals surface area contributed by atoms with E-state index in [-0.39, 0.29) is 24.8 Å². The Morgan fingerprint density at radius 1 is 1.09 bits per heavy atom. The summed E-state index contributed by atoms with van der Waals surface area (Å²) in [7, 11) is 4.71. The Balaban J connectivity index is 1.62. The number of benzene rings is 2. The molecule has 1 atom stereocenters. The van der Waals surface area contributed by atoms with E-state index in [1.165, 1.54) is 5.56 Å². The van der Waals surface area contributed by atoms with Crippen LogP contribution in [-0.2, 0) is 27.4 Å². The zero-order chi connectivity index (χ0) is 24.2. The van der Waals surface area contributed by atoms with Crippen molar-refractivity contribution < 1.29 is 23.8 Å². The summed E-state index contributed by atoms with van der Waals surface area (Å²) in [6.07, 6.45) is 0.874. The summed E-state index contributed by atoms with van der Waals surface area (Å²) in [4.78, 5) is 25.5. The average Bonchev–Trinajstić information content (AvgIpc) is 3.33. The minimum Gasteiger partial charge on any atom is -0.493 e. The predicted molar refractivity (Wildman–Crippen MR) is 128 cm³/mol. The van der Waals surface area contributed by atoms with Crippen molar-refractivity contribution in [1.29, 1.82) is 0 Å². The molecule has 1 aliphatic rings. The number of fused-ring (bicyclic) bond motifs is 1. The highest BCUT2D eigenvalue weighted by atomic mass is 16.5. The number of hydrogen-bond donors (Lipinski definition) is 2. The Morgan fingerprint density at radius 3 is 2.47 bits per heavy atom. The zero-order valence-corrected chi connectivity index (χ0v) is 19.7. The van der Waals surface area contributed by atoms with Crippen LogP contribution in [0.1, 0.15) is 30.6 Å². The quantitative estimate of drug-likeness (QED) is 0.499. The first kappa shape index (κ1) is 23.3. The second-order valence-corrected chi connectivity index (χ2v) is 7.93. The van der Waals surface area contributed by atoms with Crippen LogP contribution >= 0.6 is 0 Å².